The van der Waals surface area contributed by atoms with Gasteiger partial charge in [0.15, 0.2) is 0 Å². The van der Waals surface area contributed by atoms with Crippen molar-refractivity contribution in [3.05, 3.63) is 51.7 Å². The highest BCUT2D eigenvalue weighted by Crippen LogP contribution is 2.32. The average Bonchev–Trinajstić information content (AvgIpc) is 3.17. The van der Waals surface area contributed by atoms with Crippen molar-refractivity contribution in [1.29, 1.82) is 0 Å². The lowest BCUT2D eigenvalue weighted by Gasteiger charge is -2.33. The van der Waals surface area contributed by atoms with Gasteiger partial charge >= 0.3 is 6.03 Å². The number of ether oxygens (including phenoxy) is 2. The number of nitrogens with one attached hydrogen (secondary N) is 2. The SMILES string of the molecule is CC(Cc1ccsc1)NC(=O)NCC(Cc1ccc2c(c1)COC(C)(C)O2)N(C)C. The van der Waals surface area contributed by atoms with Crippen molar-refractivity contribution in [1.82, 2.24) is 15.5 Å². The van der Waals surface area contributed by atoms with Gasteiger partial charge in [0.2, 0.25) is 5.79 Å². The maximum Gasteiger partial charge on any atom is 0.315 e. The number of rotatable bonds is 8. The smallest absolute Gasteiger partial charge is 0.315 e. The van der Waals surface area contributed by atoms with Crippen LogP contribution in [0.5, 0.6) is 5.75 Å². The third kappa shape index (κ3) is 6.45. The minimum Gasteiger partial charge on any atom is -0.463 e. The molecule has 0 saturated heterocycles. The summed E-state index contributed by atoms with van der Waals surface area (Å²) in [6, 6.07) is 8.50. The Hall–Kier alpha value is -2.09. The molecule has 1 aliphatic rings. The number of amides is 2. The van der Waals surface area contributed by atoms with Gasteiger partial charge in [-0.15, -0.1) is 0 Å². The van der Waals surface area contributed by atoms with Gasteiger partial charge < -0.3 is 25.0 Å². The minimum atomic E-state index is -0.585. The first-order valence-electron chi connectivity index (χ1n) is 10.4. The second kappa shape index (κ2) is 9.81. The highest BCUT2D eigenvalue weighted by atomic mass is 32.1. The van der Waals surface area contributed by atoms with Gasteiger partial charge in [0.1, 0.15) is 5.75 Å². The molecule has 0 bridgehead atoms. The van der Waals surface area contributed by atoms with Crippen molar-refractivity contribution >= 4 is 17.4 Å². The largest absolute Gasteiger partial charge is 0.463 e. The molecule has 0 spiro atoms. The lowest BCUT2D eigenvalue weighted by molar-refractivity contribution is -0.180. The topological polar surface area (TPSA) is 62.8 Å². The predicted molar refractivity (Wildman–Crippen MR) is 121 cm³/mol. The number of fused-ring (bicyclic) bond motifs is 1. The summed E-state index contributed by atoms with van der Waals surface area (Å²) in [5.41, 5.74) is 3.52. The number of likely N-dealkylation sites (N-methyl/N-ethyl adjacent to an activating group) is 1. The van der Waals surface area contributed by atoms with Gasteiger partial charge in [0.25, 0.3) is 0 Å². The zero-order valence-electron chi connectivity index (χ0n) is 18.5. The number of benzene rings is 1. The number of thiophene rings is 1. The number of hydrogen-bond acceptors (Lipinski definition) is 5. The molecule has 2 amide bonds. The lowest BCUT2D eigenvalue weighted by Crippen LogP contribution is -2.47. The molecule has 164 valence electrons. The zero-order valence-corrected chi connectivity index (χ0v) is 19.3. The van der Waals surface area contributed by atoms with Crippen molar-refractivity contribution in [2.24, 2.45) is 0 Å². The third-order valence-electron chi connectivity index (χ3n) is 5.26. The van der Waals surface area contributed by atoms with E-state index in [1.165, 1.54) is 11.1 Å². The third-order valence-corrected chi connectivity index (χ3v) is 5.99. The molecule has 2 atom stereocenters. The molecule has 2 unspecified atom stereocenters. The number of urea groups is 1. The molecule has 0 fully saturated rings. The van der Waals surface area contributed by atoms with Crippen LogP contribution in [0.25, 0.3) is 0 Å². The van der Waals surface area contributed by atoms with E-state index in [0.29, 0.717) is 13.2 Å². The van der Waals surface area contributed by atoms with Crippen LogP contribution < -0.4 is 15.4 Å². The molecule has 1 aromatic carbocycles. The molecule has 0 aliphatic carbocycles. The first-order valence-corrected chi connectivity index (χ1v) is 11.3. The van der Waals surface area contributed by atoms with E-state index >= 15 is 0 Å². The van der Waals surface area contributed by atoms with Crippen LogP contribution in [-0.4, -0.2) is 49.4 Å². The van der Waals surface area contributed by atoms with E-state index in [2.05, 4.69) is 44.5 Å². The summed E-state index contributed by atoms with van der Waals surface area (Å²) >= 11 is 1.68. The molecule has 3 rings (SSSR count). The molecule has 1 aliphatic heterocycles. The molecule has 2 N–H and O–H groups in total. The van der Waals surface area contributed by atoms with Crippen LogP contribution in [0.2, 0.25) is 0 Å². The number of hydrogen-bond donors (Lipinski definition) is 2. The van der Waals surface area contributed by atoms with E-state index in [0.717, 1.165) is 24.2 Å². The average molecular weight is 432 g/mol. The molecule has 6 nitrogen and oxygen atoms in total. The van der Waals surface area contributed by atoms with Gasteiger partial charge in [-0.25, -0.2) is 4.79 Å². The fraction of sp³-hybridized carbons (Fsp3) is 0.522. The first-order chi connectivity index (χ1) is 14.2. The summed E-state index contributed by atoms with van der Waals surface area (Å²) in [5.74, 6) is 0.298. The van der Waals surface area contributed by atoms with Crippen molar-refractivity contribution in [3.63, 3.8) is 0 Å². The molecular weight excluding hydrogens is 398 g/mol. The van der Waals surface area contributed by atoms with Crippen LogP contribution in [0.15, 0.2) is 35.0 Å². The van der Waals surface area contributed by atoms with Crippen LogP contribution in [0.4, 0.5) is 4.79 Å². The lowest BCUT2D eigenvalue weighted by atomic mass is 10.0. The molecule has 0 saturated carbocycles. The quantitative estimate of drug-likeness (QED) is 0.667. The van der Waals surface area contributed by atoms with Crippen LogP contribution in [-0.2, 0) is 24.2 Å². The molecule has 0 radical (unpaired) electrons. The first kappa shape index (κ1) is 22.6. The Kier molecular flexibility index (Phi) is 7.39. The van der Waals surface area contributed by atoms with Crippen molar-refractivity contribution < 1.29 is 14.3 Å². The highest BCUT2D eigenvalue weighted by Gasteiger charge is 2.27. The Morgan fingerprint density at radius 3 is 2.73 bits per heavy atom. The predicted octanol–water partition coefficient (Wildman–Crippen LogP) is 3.80. The second-order valence-corrected chi connectivity index (χ2v) is 9.43. The Bertz CT molecular complexity index is 836. The Labute approximate surface area is 183 Å². The van der Waals surface area contributed by atoms with Crippen LogP contribution >= 0.6 is 11.3 Å². The van der Waals surface area contributed by atoms with E-state index in [-0.39, 0.29) is 18.1 Å². The Morgan fingerprint density at radius 1 is 1.23 bits per heavy atom. The highest BCUT2D eigenvalue weighted by molar-refractivity contribution is 7.07. The normalized spacial score (nSPS) is 17.0. The van der Waals surface area contributed by atoms with Gasteiger partial charge in [-0.2, -0.15) is 11.3 Å². The van der Waals surface area contributed by atoms with Gasteiger partial charge in [-0.3, -0.25) is 0 Å². The summed E-state index contributed by atoms with van der Waals surface area (Å²) in [4.78, 5) is 14.5. The fourth-order valence-corrected chi connectivity index (χ4v) is 4.21. The van der Waals surface area contributed by atoms with Crippen molar-refractivity contribution in [2.45, 2.75) is 58.1 Å². The molecule has 1 aromatic heterocycles. The summed E-state index contributed by atoms with van der Waals surface area (Å²) in [6.07, 6.45) is 1.67. The second-order valence-electron chi connectivity index (χ2n) is 8.65. The standard InChI is InChI=1S/C23H33N3O3S/c1-16(10-18-8-9-30-15-18)25-22(27)24-13-20(26(4)5)12-17-6-7-21-19(11-17)14-28-23(2,3)29-21/h6-9,11,15-16,20H,10,12-14H2,1-5H3,(H2,24,25,27). The molecule has 2 aromatic rings. The Balaban J connectivity index is 1.52. The van der Waals surface area contributed by atoms with E-state index in [1.54, 1.807) is 11.3 Å². The number of carbonyl (C=O) groups is 1. The number of carbonyl (C=O) groups excluding carboxylic acids is 1. The van der Waals surface area contributed by atoms with Crippen molar-refractivity contribution in [2.75, 3.05) is 20.6 Å². The minimum absolute atomic E-state index is 0.0855. The summed E-state index contributed by atoms with van der Waals surface area (Å²) in [5, 5.41) is 10.2. The molecule has 2 heterocycles. The van der Waals surface area contributed by atoms with Gasteiger partial charge in [0, 0.05) is 38.0 Å². The Morgan fingerprint density at radius 2 is 2.03 bits per heavy atom. The monoisotopic (exact) mass is 431 g/mol. The van der Waals surface area contributed by atoms with Crippen LogP contribution in [0.3, 0.4) is 0 Å². The maximum atomic E-state index is 12.3. The zero-order chi connectivity index (χ0) is 21.7. The van der Waals surface area contributed by atoms with Gasteiger partial charge in [0.05, 0.1) is 6.61 Å². The van der Waals surface area contributed by atoms with Crippen LogP contribution in [0.1, 0.15) is 37.5 Å². The fourth-order valence-electron chi connectivity index (χ4n) is 3.53. The summed E-state index contributed by atoms with van der Waals surface area (Å²) < 4.78 is 11.6. The van der Waals surface area contributed by atoms with Crippen LogP contribution in [0, 0.1) is 0 Å². The van der Waals surface area contributed by atoms with E-state index < -0.39 is 5.79 Å². The van der Waals surface area contributed by atoms with E-state index in [1.807, 2.05) is 40.9 Å². The molecule has 30 heavy (non-hydrogen) atoms. The van der Waals surface area contributed by atoms with Gasteiger partial charge in [-0.1, -0.05) is 6.07 Å². The number of nitrogens with zero attached hydrogens (tertiary/aromatic N) is 1. The van der Waals surface area contributed by atoms with E-state index in [9.17, 15) is 4.79 Å². The van der Waals surface area contributed by atoms with Gasteiger partial charge in [-0.05, 0) is 73.9 Å². The molecular formula is C23H33N3O3S. The summed E-state index contributed by atoms with van der Waals surface area (Å²) in [6.45, 7) is 6.99. The summed E-state index contributed by atoms with van der Waals surface area (Å²) in [7, 11) is 4.08. The van der Waals surface area contributed by atoms with Crippen molar-refractivity contribution in [3.8, 4) is 5.75 Å². The van der Waals surface area contributed by atoms with E-state index in [4.69, 9.17) is 9.47 Å². The maximum absolute atomic E-state index is 12.3. The molecule has 7 heteroatoms.